The van der Waals surface area contributed by atoms with Gasteiger partial charge in [-0.1, -0.05) is 6.92 Å². The normalized spacial score (nSPS) is 10.5. The highest BCUT2D eigenvalue weighted by Gasteiger charge is 2.15. The lowest BCUT2D eigenvalue weighted by molar-refractivity contribution is 0.0695. The standard InChI is InChI=1S/C13H17BrFNO3/c1-2-7-19-8-3-6-16-10-5-4-9(13(17)18)11(14)12(10)15/h4-5,16H,2-3,6-8H2,1H3,(H,17,18). The molecule has 0 spiro atoms. The van der Waals surface area contributed by atoms with Crippen LogP contribution in [0.1, 0.15) is 30.1 Å². The number of hydrogen-bond donors (Lipinski definition) is 2. The van der Waals surface area contributed by atoms with Gasteiger partial charge in [0, 0.05) is 19.8 Å². The van der Waals surface area contributed by atoms with Gasteiger partial charge in [0.1, 0.15) is 0 Å². The van der Waals surface area contributed by atoms with Crippen molar-refractivity contribution >= 4 is 27.6 Å². The number of hydrogen-bond acceptors (Lipinski definition) is 3. The maximum absolute atomic E-state index is 13.8. The van der Waals surface area contributed by atoms with Gasteiger partial charge in [-0.2, -0.15) is 0 Å². The van der Waals surface area contributed by atoms with Crippen molar-refractivity contribution < 1.29 is 19.0 Å². The Balaban J connectivity index is 2.51. The Morgan fingerprint density at radius 3 is 2.84 bits per heavy atom. The quantitative estimate of drug-likeness (QED) is 0.714. The Labute approximate surface area is 120 Å². The first kappa shape index (κ1) is 15.9. The molecule has 6 heteroatoms. The minimum Gasteiger partial charge on any atom is -0.478 e. The van der Waals surface area contributed by atoms with E-state index in [2.05, 4.69) is 21.2 Å². The molecule has 0 bridgehead atoms. The van der Waals surface area contributed by atoms with E-state index in [1.54, 1.807) is 0 Å². The van der Waals surface area contributed by atoms with Crippen molar-refractivity contribution in [1.82, 2.24) is 0 Å². The fourth-order valence-corrected chi connectivity index (χ4v) is 2.01. The number of aromatic carboxylic acids is 1. The summed E-state index contributed by atoms with van der Waals surface area (Å²) in [6.45, 7) is 3.96. The maximum atomic E-state index is 13.8. The van der Waals surface area contributed by atoms with Crippen LogP contribution in [0.4, 0.5) is 10.1 Å². The molecule has 106 valence electrons. The molecular formula is C13H17BrFNO3. The molecule has 0 radical (unpaired) electrons. The summed E-state index contributed by atoms with van der Waals surface area (Å²) in [5.41, 5.74) is 0.196. The van der Waals surface area contributed by atoms with E-state index in [1.807, 2.05) is 6.92 Å². The van der Waals surface area contributed by atoms with Crippen LogP contribution in [0, 0.1) is 5.82 Å². The number of carboxylic acids is 1. The second kappa shape index (κ2) is 8.12. The van der Waals surface area contributed by atoms with Crippen molar-refractivity contribution in [3.63, 3.8) is 0 Å². The zero-order valence-corrected chi connectivity index (χ0v) is 12.3. The molecule has 1 rings (SSSR count). The van der Waals surface area contributed by atoms with Gasteiger partial charge in [0.25, 0.3) is 0 Å². The number of nitrogens with one attached hydrogen (secondary N) is 1. The van der Waals surface area contributed by atoms with Crippen LogP contribution < -0.4 is 5.32 Å². The van der Waals surface area contributed by atoms with Gasteiger partial charge in [0.15, 0.2) is 5.82 Å². The highest BCUT2D eigenvalue weighted by molar-refractivity contribution is 9.10. The molecule has 4 nitrogen and oxygen atoms in total. The minimum absolute atomic E-state index is 0.0350. The van der Waals surface area contributed by atoms with Gasteiger partial charge in [-0.3, -0.25) is 0 Å². The molecule has 0 aliphatic carbocycles. The van der Waals surface area contributed by atoms with Crippen LogP contribution >= 0.6 is 15.9 Å². The largest absolute Gasteiger partial charge is 0.478 e. The summed E-state index contributed by atoms with van der Waals surface area (Å²) in [5, 5.41) is 11.8. The van der Waals surface area contributed by atoms with Crippen LogP contribution in [0.5, 0.6) is 0 Å². The third-order valence-corrected chi connectivity index (χ3v) is 3.22. The number of ether oxygens (including phenoxy) is 1. The molecular weight excluding hydrogens is 317 g/mol. The fourth-order valence-electron chi connectivity index (χ4n) is 1.49. The van der Waals surface area contributed by atoms with Gasteiger partial charge in [0.05, 0.1) is 15.7 Å². The maximum Gasteiger partial charge on any atom is 0.336 e. The van der Waals surface area contributed by atoms with E-state index < -0.39 is 11.8 Å². The van der Waals surface area contributed by atoms with E-state index in [4.69, 9.17) is 9.84 Å². The van der Waals surface area contributed by atoms with E-state index >= 15 is 0 Å². The van der Waals surface area contributed by atoms with E-state index in [0.717, 1.165) is 19.4 Å². The molecule has 0 unspecified atom stereocenters. The molecule has 0 aliphatic heterocycles. The molecule has 0 aromatic heterocycles. The zero-order valence-electron chi connectivity index (χ0n) is 10.7. The Morgan fingerprint density at radius 2 is 2.21 bits per heavy atom. The highest BCUT2D eigenvalue weighted by Crippen LogP contribution is 2.27. The van der Waals surface area contributed by atoms with Crippen LogP contribution in [0.3, 0.4) is 0 Å². The summed E-state index contributed by atoms with van der Waals surface area (Å²) in [5.74, 6) is -1.75. The third-order valence-electron chi connectivity index (χ3n) is 2.44. The number of halogens is 2. The first-order valence-corrected chi connectivity index (χ1v) is 6.90. The van der Waals surface area contributed by atoms with Gasteiger partial charge in [-0.25, -0.2) is 9.18 Å². The lowest BCUT2D eigenvalue weighted by Crippen LogP contribution is -2.09. The van der Waals surface area contributed by atoms with Crippen LogP contribution in [0.25, 0.3) is 0 Å². The molecule has 1 aromatic carbocycles. The van der Waals surface area contributed by atoms with Crippen LogP contribution in [0.15, 0.2) is 16.6 Å². The lowest BCUT2D eigenvalue weighted by atomic mass is 10.2. The number of carboxylic acid groups (broad SMARTS) is 1. The van der Waals surface area contributed by atoms with Crippen molar-refractivity contribution in [3.05, 3.63) is 28.0 Å². The topological polar surface area (TPSA) is 58.6 Å². The molecule has 0 atom stereocenters. The SMILES string of the molecule is CCCOCCCNc1ccc(C(=O)O)c(Br)c1F. The summed E-state index contributed by atoms with van der Waals surface area (Å²) in [4.78, 5) is 10.8. The summed E-state index contributed by atoms with van der Waals surface area (Å²) in [7, 11) is 0. The molecule has 0 fully saturated rings. The Kier molecular flexibility index (Phi) is 6.80. The number of benzene rings is 1. The number of carbonyl (C=O) groups is 1. The predicted octanol–water partition coefficient (Wildman–Crippen LogP) is 3.52. The smallest absolute Gasteiger partial charge is 0.336 e. The van der Waals surface area contributed by atoms with Crippen molar-refractivity contribution in [2.24, 2.45) is 0 Å². The molecule has 2 N–H and O–H groups in total. The van der Waals surface area contributed by atoms with Crippen molar-refractivity contribution in [3.8, 4) is 0 Å². The van der Waals surface area contributed by atoms with Crippen LogP contribution in [-0.4, -0.2) is 30.8 Å². The molecule has 0 heterocycles. The first-order valence-electron chi connectivity index (χ1n) is 6.10. The first-order chi connectivity index (χ1) is 9.07. The van der Waals surface area contributed by atoms with E-state index in [-0.39, 0.29) is 15.7 Å². The van der Waals surface area contributed by atoms with E-state index in [0.29, 0.717) is 13.2 Å². The van der Waals surface area contributed by atoms with Gasteiger partial charge < -0.3 is 15.2 Å². The van der Waals surface area contributed by atoms with Gasteiger partial charge >= 0.3 is 5.97 Å². The van der Waals surface area contributed by atoms with E-state index in [1.165, 1.54) is 12.1 Å². The summed E-state index contributed by atoms with van der Waals surface area (Å²) in [6.07, 6.45) is 1.74. The summed E-state index contributed by atoms with van der Waals surface area (Å²) < 4.78 is 19.1. The summed E-state index contributed by atoms with van der Waals surface area (Å²) >= 11 is 2.95. The van der Waals surface area contributed by atoms with E-state index in [9.17, 15) is 9.18 Å². The molecule has 0 saturated heterocycles. The Hall–Kier alpha value is -1.14. The van der Waals surface area contributed by atoms with Crippen LogP contribution in [0.2, 0.25) is 0 Å². The lowest BCUT2D eigenvalue weighted by Gasteiger charge is -2.10. The zero-order chi connectivity index (χ0) is 14.3. The summed E-state index contributed by atoms with van der Waals surface area (Å²) in [6, 6.07) is 2.79. The molecule has 0 amide bonds. The predicted molar refractivity (Wildman–Crippen MR) is 75.3 cm³/mol. The molecule has 1 aromatic rings. The van der Waals surface area contributed by atoms with Gasteiger partial charge in [-0.15, -0.1) is 0 Å². The molecule has 0 aliphatic rings. The molecule has 0 saturated carbocycles. The number of rotatable bonds is 8. The molecule has 19 heavy (non-hydrogen) atoms. The van der Waals surface area contributed by atoms with Crippen molar-refractivity contribution in [1.29, 1.82) is 0 Å². The average molecular weight is 334 g/mol. The Morgan fingerprint density at radius 1 is 1.47 bits per heavy atom. The Bertz CT molecular complexity index is 440. The fraction of sp³-hybridized carbons (Fsp3) is 0.462. The average Bonchev–Trinajstić information content (AvgIpc) is 2.38. The van der Waals surface area contributed by atoms with Crippen molar-refractivity contribution in [2.45, 2.75) is 19.8 Å². The second-order valence-corrected chi connectivity index (χ2v) is 4.78. The minimum atomic E-state index is -1.16. The number of anilines is 1. The van der Waals surface area contributed by atoms with Crippen molar-refractivity contribution in [2.75, 3.05) is 25.1 Å². The van der Waals surface area contributed by atoms with Gasteiger partial charge in [0.2, 0.25) is 0 Å². The third kappa shape index (κ3) is 4.80. The van der Waals surface area contributed by atoms with Crippen LogP contribution in [-0.2, 0) is 4.74 Å². The monoisotopic (exact) mass is 333 g/mol. The van der Waals surface area contributed by atoms with Gasteiger partial charge in [-0.05, 0) is 40.9 Å². The highest BCUT2D eigenvalue weighted by atomic mass is 79.9. The second-order valence-electron chi connectivity index (χ2n) is 3.99.